The van der Waals surface area contributed by atoms with Gasteiger partial charge < -0.3 is 35.0 Å². The van der Waals surface area contributed by atoms with Crippen LogP contribution in [0.3, 0.4) is 0 Å². The average Bonchev–Trinajstić information content (AvgIpc) is 3.72. The lowest BCUT2D eigenvalue weighted by molar-refractivity contribution is -0.404. The molecule has 0 saturated carbocycles. The predicted octanol–water partition coefficient (Wildman–Crippen LogP) is 6.51. The van der Waals surface area contributed by atoms with Gasteiger partial charge in [-0.3, -0.25) is 20.2 Å². The molecule has 0 aromatic carbocycles. The van der Waals surface area contributed by atoms with Crippen LogP contribution in [0.1, 0.15) is 81.5 Å². The Morgan fingerprint density at radius 2 is 1.15 bits per heavy atom. The Hall–Kier alpha value is -3.30. The third kappa shape index (κ3) is 22.3. The van der Waals surface area contributed by atoms with Gasteiger partial charge in [-0.05, 0) is 51.2 Å². The smallest absolute Gasteiger partial charge is 0.274 e. The molecule has 4 N–H and O–H groups in total. The van der Waals surface area contributed by atoms with Crippen LogP contribution in [0.5, 0.6) is 0 Å². The van der Waals surface area contributed by atoms with Gasteiger partial charge in [-0.1, -0.05) is 51.4 Å². The first-order valence-electron chi connectivity index (χ1n) is 16.9. The van der Waals surface area contributed by atoms with Crippen molar-refractivity contribution in [3.8, 4) is 0 Å². The lowest BCUT2D eigenvalue weighted by Gasteiger charge is -2.11. The minimum Gasteiger partial charge on any atom is -0.468 e. The maximum Gasteiger partial charge on any atom is 0.274 e. The van der Waals surface area contributed by atoms with Crippen LogP contribution in [-0.2, 0) is 18.1 Å². The Kier molecular flexibility index (Phi) is 22.7. The monoisotopic (exact) mass is 709 g/mol. The summed E-state index contributed by atoms with van der Waals surface area (Å²) in [5, 5.41) is 34.6. The topological polar surface area (TPSA) is 164 Å². The minimum atomic E-state index is -0.433. The van der Waals surface area contributed by atoms with Crippen molar-refractivity contribution in [2.45, 2.75) is 82.3 Å². The number of rotatable bonds is 31. The molecule has 0 aliphatic rings. The standard InChI is InChI=1S/C33H55N7O6S2/c1-38(2)24-29-15-16-31(46-29)28-48-23-20-37-33(26-40(43)44)35-18-12-10-8-6-4-3-5-7-9-11-17-34-32(25-39(41)42)36-19-22-47-27-30-14-13-21-45-30/h13-16,21,25-26,34-37H,3-12,17-20,22-24,27-28H2,1-2H3. The van der Waals surface area contributed by atoms with Gasteiger partial charge in [-0.2, -0.15) is 23.5 Å². The average molecular weight is 710 g/mol. The second-order valence-corrected chi connectivity index (χ2v) is 13.9. The van der Waals surface area contributed by atoms with Crippen molar-refractivity contribution in [2.24, 2.45) is 0 Å². The van der Waals surface area contributed by atoms with Gasteiger partial charge in [0.25, 0.3) is 12.4 Å². The molecule has 0 unspecified atom stereocenters. The molecule has 48 heavy (non-hydrogen) atoms. The molecule has 0 fully saturated rings. The number of thioether (sulfide) groups is 2. The molecule has 270 valence electrons. The van der Waals surface area contributed by atoms with Crippen LogP contribution < -0.4 is 21.3 Å². The fourth-order valence-corrected chi connectivity index (χ4v) is 6.28. The molecule has 15 heteroatoms. The first-order chi connectivity index (χ1) is 23.3. The molecule has 0 spiro atoms. The third-order valence-electron chi connectivity index (χ3n) is 7.09. The Balaban J connectivity index is 1.41. The van der Waals surface area contributed by atoms with Crippen molar-refractivity contribution in [1.82, 2.24) is 26.2 Å². The molecule has 2 aromatic heterocycles. The largest absolute Gasteiger partial charge is 0.468 e. The van der Waals surface area contributed by atoms with Crippen LogP contribution in [0.4, 0.5) is 0 Å². The SMILES string of the molecule is CN(C)Cc1ccc(CSCCNC(=C[N+](=O)[O-])NCCCCCCCCCCCCNC(=C[N+](=O)[O-])NCCSCc2ccco2)o1. The van der Waals surface area contributed by atoms with E-state index in [0.29, 0.717) is 37.8 Å². The summed E-state index contributed by atoms with van der Waals surface area (Å²) in [6.07, 6.45) is 14.9. The third-order valence-corrected chi connectivity index (χ3v) is 9.05. The minimum absolute atomic E-state index is 0.428. The van der Waals surface area contributed by atoms with Crippen LogP contribution >= 0.6 is 23.5 Å². The van der Waals surface area contributed by atoms with E-state index in [1.165, 1.54) is 25.7 Å². The summed E-state index contributed by atoms with van der Waals surface area (Å²) >= 11 is 3.44. The second-order valence-electron chi connectivity index (χ2n) is 11.7. The number of nitrogens with one attached hydrogen (secondary N) is 4. The van der Waals surface area contributed by atoms with Gasteiger partial charge in [-0.15, -0.1) is 0 Å². The van der Waals surface area contributed by atoms with E-state index < -0.39 is 9.85 Å². The van der Waals surface area contributed by atoms with E-state index in [9.17, 15) is 20.2 Å². The van der Waals surface area contributed by atoms with Crippen LogP contribution in [0.2, 0.25) is 0 Å². The van der Waals surface area contributed by atoms with Gasteiger partial charge in [0.1, 0.15) is 17.3 Å². The highest BCUT2D eigenvalue weighted by molar-refractivity contribution is 7.98. The van der Waals surface area contributed by atoms with Crippen molar-refractivity contribution >= 4 is 23.5 Å². The summed E-state index contributed by atoms with van der Waals surface area (Å²) < 4.78 is 11.1. The van der Waals surface area contributed by atoms with Crippen LogP contribution in [0.25, 0.3) is 0 Å². The normalized spacial score (nSPS) is 12.0. The van der Waals surface area contributed by atoms with Gasteiger partial charge >= 0.3 is 0 Å². The van der Waals surface area contributed by atoms with Crippen LogP contribution in [0, 0.1) is 20.2 Å². The zero-order valence-corrected chi connectivity index (χ0v) is 30.2. The van der Waals surface area contributed by atoms with Gasteiger partial charge in [0.05, 0.1) is 34.2 Å². The molecule has 2 heterocycles. The van der Waals surface area contributed by atoms with Gasteiger partial charge in [0, 0.05) is 37.7 Å². The number of nitro groups is 2. The lowest BCUT2D eigenvalue weighted by Crippen LogP contribution is -2.29. The molecule has 0 bridgehead atoms. The summed E-state index contributed by atoms with van der Waals surface area (Å²) in [6, 6.07) is 7.81. The highest BCUT2D eigenvalue weighted by Gasteiger charge is 2.06. The summed E-state index contributed by atoms with van der Waals surface area (Å²) in [5.41, 5.74) is 0. The highest BCUT2D eigenvalue weighted by atomic mass is 32.2. The lowest BCUT2D eigenvalue weighted by atomic mass is 10.1. The number of hydrogen-bond acceptors (Lipinski definition) is 13. The molecule has 0 radical (unpaired) electrons. The van der Waals surface area contributed by atoms with E-state index in [-0.39, 0.29) is 0 Å². The number of unbranched alkanes of at least 4 members (excludes halogenated alkanes) is 9. The van der Waals surface area contributed by atoms with Crippen molar-refractivity contribution in [3.63, 3.8) is 0 Å². The van der Waals surface area contributed by atoms with E-state index in [2.05, 4.69) is 26.2 Å². The van der Waals surface area contributed by atoms with E-state index >= 15 is 0 Å². The first-order valence-corrected chi connectivity index (χ1v) is 19.2. The van der Waals surface area contributed by atoms with Crippen molar-refractivity contribution in [3.05, 3.63) is 92.1 Å². The number of furan rings is 2. The van der Waals surface area contributed by atoms with Crippen molar-refractivity contribution in [2.75, 3.05) is 51.8 Å². The Morgan fingerprint density at radius 1 is 0.688 bits per heavy atom. The zero-order chi connectivity index (χ0) is 34.7. The summed E-state index contributed by atoms with van der Waals surface area (Å²) in [7, 11) is 4.01. The van der Waals surface area contributed by atoms with Gasteiger partial charge in [0.2, 0.25) is 0 Å². The molecule has 13 nitrogen and oxygen atoms in total. The fraction of sp³-hybridized carbons (Fsp3) is 0.636. The van der Waals surface area contributed by atoms with Gasteiger partial charge in [-0.25, -0.2) is 0 Å². The maximum absolute atomic E-state index is 11.0. The summed E-state index contributed by atoms with van der Waals surface area (Å²) in [5.74, 6) is 6.92. The first kappa shape index (κ1) is 40.9. The Morgan fingerprint density at radius 3 is 1.60 bits per heavy atom. The molecular formula is C33H55N7O6S2. The summed E-state index contributed by atoms with van der Waals surface area (Å²) in [4.78, 5) is 23.2. The van der Waals surface area contributed by atoms with Crippen LogP contribution in [0.15, 0.2) is 63.4 Å². The zero-order valence-electron chi connectivity index (χ0n) is 28.6. The molecule has 0 aliphatic heterocycles. The molecule has 2 rings (SSSR count). The number of hydrogen-bond donors (Lipinski definition) is 4. The molecule has 2 aromatic rings. The quantitative estimate of drug-likeness (QED) is 0.0381. The molecule has 0 amide bonds. The maximum atomic E-state index is 11.0. The number of nitrogens with zero attached hydrogens (tertiary/aromatic N) is 3. The van der Waals surface area contributed by atoms with E-state index in [0.717, 1.165) is 97.8 Å². The van der Waals surface area contributed by atoms with Crippen molar-refractivity contribution in [1.29, 1.82) is 0 Å². The van der Waals surface area contributed by atoms with E-state index in [4.69, 9.17) is 8.83 Å². The molecule has 0 aliphatic carbocycles. The Labute approximate surface area is 293 Å². The fourth-order valence-electron chi connectivity index (χ4n) is 4.78. The van der Waals surface area contributed by atoms with Gasteiger partial charge in [0.15, 0.2) is 11.6 Å². The highest BCUT2D eigenvalue weighted by Crippen LogP contribution is 2.16. The van der Waals surface area contributed by atoms with E-state index in [1.807, 2.05) is 38.4 Å². The molecular weight excluding hydrogens is 655 g/mol. The predicted molar refractivity (Wildman–Crippen MR) is 195 cm³/mol. The molecule has 0 atom stereocenters. The van der Waals surface area contributed by atoms with Crippen LogP contribution in [-0.4, -0.2) is 66.5 Å². The molecule has 0 saturated heterocycles. The van der Waals surface area contributed by atoms with Crippen molar-refractivity contribution < 1.29 is 18.7 Å². The summed E-state index contributed by atoms with van der Waals surface area (Å²) in [6.45, 7) is 3.45. The Bertz CT molecular complexity index is 1190. The van der Waals surface area contributed by atoms with E-state index in [1.54, 1.807) is 29.8 Å². The second kappa shape index (κ2) is 26.6.